The van der Waals surface area contributed by atoms with Crippen molar-refractivity contribution in [3.63, 3.8) is 0 Å². The fraction of sp³-hybridized carbons (Fsp3) is 0.500. The first-order valence-corrected chi connectivity index (χ1v) is 6.87. The van der Waals surface area contributed by atoms with Crippen molar-refractivity contribution in [2.24, 2.45) is 4.99 Å². The lowest BCUT2D eigenvalue weighted by Crippen LogP contribution is -2.56. The fourth-order valence-corrected chi connectivity index (χ4v) is 3.00. The van der Waals surface area contributed by atoms with Crippen molar-refractivity contribution in [1.82, 2.24) is 9.47 Å². The van der Waals surface area contributed by atoms with Gasteiger partial charge in [-0.1, -0.05) is 0 Å². The van der Waals surface area contributed by atoms with Crippen LogP contribution in [0.3, 0.4) is 0 Å². The number of aliphatic imine (C=N–C) groups is 1. The van der Waals surface area contributed by atoms with E-state index in [2.05, 4.69) is 4.99 Å². The highest BCUT2D eigenvalue weighted by molar-refractivity contribution is 5.94. The zero-order valence-corrected chi connectivity index (χ0v) is 11.2. The van der Waals surface area contributed by atoms with Crippen LogP contribution in [-0.2, 0) is 11.3 Å². The molecule has 1 amide bonds. The molecule has 3 aliphatic heterocycles. The number of fused-ring (bicyclic) bond motifs is 2. The first-order chi connectivity index (χ1) is 9.65. The van der Waals surface area contributed by atoms with E-state index in [9.17, 15) is 9.59 Å². The van der Waals surface area contributed by atoms with Gasteiger partial charge in [0.25, 0.3) is 5.91 Å². The van der Waals surface area contributed by atoms with Gasteiger partial charge < -0.3 is 14.2 Å². The number of aromatic nitrogens is 1. The minimum Gasteiger partial charge on any atom is -0.356 e. The van der Waals surface area contributed by atoms with Gasteiger partial charge in [-0.25, -0.2) is 0 Å². The molecule has 0 saturated carbocycles. The van der Waals surface area contributed by atoms with Crippen LogP contribution >= 0.6 is 0 Å². The lowest BCUT2D eigenvalue weighted by molar-refractivity contribution is -0.112. The quantitative estimate of drug-likeness (QED) is 0.751. The minimum absolute atomic E-state index is 0.0976. The van der Waals surface area contributed by atoms with Gasteiger partial charge in [-0.15, -0.1) is 0 Å². The number of ether oxygens (including phenoxy) is 1. The highest BCUT2D eigenvalue weighted by Crippen LogP contribution is 2.27. The van der Waals surface area contributed by atoms with Gasteiger partial charge in [0, 0.05) is 30.1 Å². The summed E-state index contributed by atoms with van der Waals surface area (Å²) in [7, 11) is 0. The maximum Gasteiger partial charge on any atom is 0.272 e. The maximum atomic E-state index is 12.6. The van der Waals surface area contributed by atoms with E-state index in [0.717, 1.165) is 6.42 Å². The van der Waals surface area contributed by atoms with Gasteiger partial charge >= 0.3 is 0 Å². The summed E-state index contributed by atoms with van der Waals surface area (Å²) in [5.74, 6) is -0.117. The SMILES string of the molecule is C[C@@H]1CCO[C@H]2Cn3cc(C4C=N4)c(=O)cc3C(=O)N12. The summed E-state index contributed by atoms with van der Waals surface area (Å²) >= 11 is 0. The van der Waals surface area contributed by atoms with E-state index in [-0.39, 0.29) is 29.6 Å². The predicted octanol–water partition coefficient (Wildman–Crippen LogP) is 0.565. The van der Waals surface area contributed by atoms with E-state index >= 15 is 0 Å². The second kappa shape index (κ2) is 4.02. The fourth-order valence-electron chi connectivity index (χ4n) is 3.00. The number of nitrogens with zero attached hydrogens (tertiary/aromatic N) is 3. The largest absolute Gasteiger partial charge is 0.356 e. The second-order valence-electron chi connectivity index (χ2n) is 5.55. The van der Waals surface area contributed by atoms with Crippen molar-refractivity contribution in [1.29, 1.82) is 0 Å². The lowest BCUT2D eigenvalue weighted by Gasteiger charge is -2.44. The summed E-state index contributed by atoms with van der Waals surface area (Å²) < 4.78 is 7.53. The van der Waals surface area contributed by atoms with Gasteiger partial charge in [0.05, 0.1) is 13.2 Å². The van der Waals surface area contributed by atoms with Crippen LogP contribution in [0.4, 0.5) is 0 Å². The summed E-state index contributed by atoms with van der Waals surface area (Å²) in [5, 5.41) is 0. The number of carbonyl (C=O) groups excluding carboxylic acids is 1. The van der Waals surface area contributed by atoms with Crippen LogP contribution < -0.4 is 5.43 Å². The lowest BCUT2D eigenvalue weighted by atomic mass is 10.1. The van der Waals surface area contributed by atoms with Gasteiger partial charge in [0.2, 0.25) is 0 Å². The van der Waals surface area contributed by atoms with E-state index in [4.69, 9.17) is 4.74 Å². The molecule has 0 radical (unpaired) electrons. The molecular weight excluding hydrogens is 258 g/mol. The Kier molecular flexibility index (Phi) is 2.38. The third-order valence-electron chi connectivity index (χ3n) is 4.21. The normalized spacial score (nSPS) is 30.9. The molecule has 0 aromatic carbocycles. The molecule has 1 unspecified atom stereocenters. The van der Waals surface area contributed by atoms with Gasteiger partial charge in [-0.05, 0) is 13.3 Å². The Bertz CT molecular complexity index is 673. The average Bonchev–Trinajstić information content (AvgIpc) is 3.24. The van der Waals surface area contributed by atoms with E-state index in [1.807, 2.05) is 11.5 Å². The third kappa shape index (κ3) is 1.64. The predicted molar refractivity (Wildman–Crippen MR) is 71.9 cm³/mol. The highest BCUT2D eigenvalue weighted by Gasteiger charge is 2.39. The highest BCUT2D eigenvalue weighted by atomic mass is 16.5. The van der Waals surface area contributed by atoms with Gasteiger partial charge in [-0.2, -0.15) is 0 Å². The molecule has 0 bridgehead atoms. The molecule has 0 N–H and O–H groups in total. The standard InChI is InChI=1S/C14H15N3O3/c1-8-2-3-20-13-7-16-6-9(10-5-15-10)12(18)4-11(16)14(19)17(8)13/h4-6,8,10,13H,2-3,7H2,1H3/t8-,10?,13+/m1/s1. The van der Waals surface area contributed by atoms with Crippen molar-refractivity contribution < 1.29 is 9.53 Å². The average molecular weight is 273 g/mol. The summed E-state index contributed by atoms with van der Waals surface area (Å²) in [5.41, 5.74) is 0.975. The number of rotatable bonds is 1. The first kappa shape index (κ1) is 11.8. The van der Waals surface area contributed by atoms with Gasteiger partial charge in [0.15, 0.2) is 11.7 Å². The molecule has 1 saturated heterocycles. The summed E-state index contributed by atoms with van der Waals surface area (Å²) in [6.07, 6.45) is 4.10. The Morgan fingerprint density at radius 3 is 2.95 bits per heavy atom. The van der Waals surface area contributed by atoms with Crippen molar-refractivity contribution >= 4 is 12.1 Å². The van der Waals surface area contributed by atoms with Crippen molar-refractivity contribution in [2.45, 2.75) is 38.2 Å². The molecule has 1 fully saturated rings. The van der Waals surface area contributed by atoms with E-state index in [0.29, 0.717) is 24.4 Å². The molecule has 1 aromatic rings. The number of pyridine rings is 1. The number of hydrogen-bond acceptors (Lipinski definition) is 4. The Morgan fingerprint density at radius 1 is 1.40 bits per heavy atom. The molecule has 1 aromatic heterocycles. The van der Waals surface area contributed by atoms with Crippen LogP contribution in [-0.4, -0.2) is 40.5 Å². The third-order valence-corrected chi connectivity index (χ3v) is 4.21. The molecule has 3 aliphatic rings. The molecule has 6 nitrogen and oxygen atoms in total. The molecular formula is C14H15N3O3. The zero-order chi connectivity index (χ0) is 13.9. The van der Waals surface area contributed by atoms with Crippen LogP contribution in [0.15, 0.2) is 22.1 Å². The Morgan fingerprint density at radius 2 is 2.20 bits per heavy atom. The van der Waals surface area contributed by atoms with Crippen molar-refractivity contribution in [3.05, 3.63) is 33.7 Å². The second-order valence-corrected chi connectivity index (χ2v) is 5.55. The monoisotopic (exact) mass is 273 g/mol. The van der Waals surface area contributed by atoms with E-state index < -0.39 is 0 Å². The molecule has 4 heterocycles. The Balaban J connectivity index is 1.79. The molecule has 20 heavy (non-hydrogen) atoms. The van der Waals surface area contributed by atoms with Crippen LogP contribution in [0.25, 0.3) is 0 Å². The number of amides is 1. The molecule has 0 aliphatic carbocycles. The van der Waals surface area contributed by atoms with Crippen molar-refractivity contribution in [2.75, 3.05) is 6.61 Å². The van der Waals surface area contributed by atoms with Gasteiger partial charge in [0.1, 0.15) is 11.7 Å². The summed E-state index contributed by atoms with van der Waals surface area (Å²) in [6, 6.07) is 1.49. The molecule has 0 spiro atoms. The van der Waals surface area contributed by atoms with Crippen LogP contribution in [0.2, 0.25) is 0 Å². The molecule has 3 atom stereocenters. The molecule has 6 heteroatoms. The van der Waals surface area contributed by atoms with Crippen LogP contribution in [0.5, 0.6) is 0 Å². The van der Waals surface area contributed by atoms with Crippen LogP contribution in [0.1, 0.15) is 35.4 Å². The molecule has 104 valence electrons. The van der Waals surface area contributed by atoms with Gasteiger partial charge in [-0.3, -0.25) is 14.6 Å². The topological polar surface area (TPSA) is 63.9 Å². The minimum atomic E-state index is -0.228. The first-order valence-electron chi connectivity index (χ1n) is 6.87. The van der Waals surface area contributed by atoms with Crippen LogP contribution in [0, 0.1) is 0 Å². The summed E-state index contributed by atoms with van der Waals surface area (Å²) in [4.78, 5) is 30.4. The number of carbonyl (C=O) groups is 1. The van der Waals surface area contributed by atoms with E-state index in [1.165, 1.54) is 6.07 Å². The zero-order valence-electron chi connectivity index (χ0n) is 11.2. The molecule has 4 rings (SSSR count). The maximum absolute atomic E-state index is 12.6. The number of hydrogen-bond donors (Lipinski definition) is 0. The Hall–Kier alpha value is -1.95. The van der Waals surface area contributed by atoms with Crippen molar-refractivity contribution in [3.8, 4) is 0 Å². The smallest absolute Gasteiger partial charge is 0.272 e. The summed E-state index contributed by atoms with van der Waals surface area (Å²) in [6.45, 7) is 3.27. The van der Waals surface area contributed by atoms with E-state index in [1.54, 1.807) is 17.3 Å². The Labute approximate surface area is 115 Å².